The second kappa shape index (κ2) is 4.21. The summed E-state index contributed by atoms with van der Waals surface area (Å²) >= 11 is 0. The van der Waals surface area contributed by atoms with Crippen LogP contribution in [0.15, 0.2) is 30.3 Å². The molecule has 0 aromatic heterocycles. The van der Waals surface area contributed by atoms with Gasteiger partial charge in [-0.2, -0.15) is 0 Å². The molecule has 2 rings (SSSR count). The first-order chi connectivity index (χ1) is 7.99. The lowest BCUT2D eigenvalue weighted by atomic mass is 9.96. The molecule has 0 spiro atoms. The fourth-order valence-corrected chi connectivity index (χ4v) is 2.09. The topological polar surface area (TPSA) is 20.2 Å². The van der Waals surface area contributed by atoms with E-state index < -0.39 is 0 Å². The number of aromatic hydroxyl groups is 1. The first-order valence-corrected chi connectivity index (χ1v) is 5.56. The third-order valence-electron chi connectivity index (χ3n) is 2.92. The zero-order valence-corrected chi connectivity index (χ0v) is 10.2. The second-order valence-corrected chi connectivity index (χ2v) is 4.44. The van der Waals surface area contributed by atoms with E-state index in [4.69, 9.17) is 0 Å². The largest absolute Gasteiger partial charge is 0.508 e. The Morgan fingerprint density at radius 2 is 1.65 bits per heavy atom. The van der Waals surface area contributed by atoms with E-state index in [2.05, 4.69) is 0 Å². The number of phenols is 1. The van der Waals surface area contributed by atoms with Crippen molar-refractivity contribution in [1.29, 1.82) is 0 Å². The predicted octanol–water partition coefficient (Wildman–Crippen LogP) is 4.12. The van der Waals surface area contributed by atoms with Crippen molar-refractivity contribution in [2.24, 2.45) is 0 Å². The summed E-state index contributed by atoms with van der Waals surface area (Å²) in [5.41, 5.74) is 3.99. The molecule has 0 unspecified atom stereocenters. The maximum absolute atomic E-state index is 14.0. The summed E-state index contributed by atoms with van der Waals surface area (Å²) in [5.74, 6) is 0.0199. The van der Waals surface area contributed by atoms with E-state index in [1.165, 1.54) is 6.07 Å². The van der Waals surface area contributed by atoms with Crippen molar-refractivity contribution in [3.63, 3.8) is 0 Å². The molecular weight excluding hydrogens is 215 g/mol. The van der Waals surface area contributed by atoms with E-state index in [9.17, 15) is 9.50 Å². The van der Waals surface area contributed by atoms with Crippen LogP contribution in [0.1, 0.15) is 16.7 Å². The number of phenolic OH excluding ortho intramolecular Hbond substituents is 1. The summed E-state index contributed by atoms with van der Waals surface area (Å²) < 4.78 is 14.0. The fraction of sp³-hybridized carbons (Fsp3) is 0.200. The summed E-state index contributed by atoms with van der Waals surface area (Å²) in [6.07, 6.45) is 0. The third-order valence-corrected chi connectivity index (χ3v) is 2.92. The quantitative estimate of drug-likeness (QED) is 0.781. The van der Waals surface area contributed by atoms with Crippen LogP contribution < -0.4 is 0 Å². The van der Waals surface area contributed by atoms with Crippen molar-refractivity contribution in [2.75, 3.05) is 0 Å². The van der Waals surface area contributed by atoms with E-state index in [1.807, 2.05) is 19.9 Å². The molecule has 0 bridgehead atoms. The molecule has 0 aliphatic heterocycles. The lowest BCUT2D eigenvalue weighted by molar-refractivity contribution is 0.471. The molecule has 1 N–H and O–H groups in total. The van der Waals surface area contributed by atoms with Crippen molar-refractivity contribution in [3.8, 4) is 16.9 Å². The standard InChI is InChI=1S/C15H15FO/c1-9-6-11(3)15(13(16)7-9)12-4-5-14(17)10(2)8-12/h4-8,17H,1-3H3. The Hall–Kier alpha value is -1.83. The van der Waals surface area contributed by atoms with Crippen molar-refractivity contribution in [3.05, 3.63) is 52.8 Å². The van der Waals surface area contributed by atoms with Crippen LogP contribution in [-0.2, 0) is 0 Å². The van der Waals surface area contributed by atoms with Crippen LogP contribution in [0.4, 0.5) is 4.39 Å². The second-order valence-electron chi connectivity index (χ2n) is 4.44. The maximum Gasteiger partial charge on any atom is 0.131 e. The summed E-state index contributed by atoms with van der Waals surface area (Å²) in [6, 6.07) is 8.63. The van der Waals surface area contributed by atoms with Crippen molar-refractivity contribution >= 4 is 0 Å². The molecule has 2 heteroatoms. The fourth-order valence-electron chi connectivity index (χ4n) is 2.09. The summed E-state index contributed by atoms with van der Waals surface area (Å²) in [4.78, 5) is 0. The Morgan fingerprint density at radius 1 is 0.941 bits per heavy atom. The molecule has 88 valence electrons. The number of rotatable bonds is 1. The molecule has 0 aliphatic rings. The van der Waals surface area contributed by atoms with Gasteiger partial charge >= 0.3 is 0 Å². The molecule has 2 aromatic carbocycles. The highest BCUT2D eigenvalue weighted by molar-refractivity contribution is 5.69. The molecule has 0 fully saturated rings. The zero-order chi connectivity index (χ0) is 12.6. The summed E-state index contributed by atoms with van der Waals surface area (Å²) in [7, 11) is 0. The zero-order valence-electron chi connectivity index (χ0n) is 10.2. The van der Waals surface area contributed by atoms with Crippen LogP contribution in [-0.4, -0.2) is 5.11 Å². The van der Waals surface area contributed by atoms with Crippen LogP contribution in [0, 0.1) is 26.6 Å². The lowest BCUT2D eigenvalue weighted by Crippen LogP contribution is -1.91. The molecule has 0 atom stereocenters. The summed E-state index contributed by atoms with van der Waals surface area (Å²) in [6.45, 7) is 5.58. The minimum atomic E-state index is -0.215. The van der Waals surface area contributed by atoms with Crippen LogP contribution in [0.25, 0.3) is 11.1 Å². The molecule has 0 saturated heterocycles. The van der Waals surface area contributed by atoms with E-state index in [0.29, 0.717) is 5.56 Å². The Bertz CT molecular complexity index is 550. The van der Waals surface area contributed by atoms with Gasteiger partial charge < -0.3 is 5.11 Å². The van der Waals surface area contributed by atoms with Crippen molar-refractivity contribution in [2.45, 2.75) is 20.8 Å². The Labute approximate surface area is 101 Å². The van der Waals surface area contributed by atoms with Crippen molar-refractivity contribution in [1.82, 2.24) is 0 Å². The third kappa shape index (κ3) is 2.16. The van der Waals surface area contributed by atoms with Crippen LogP contribution in [0.5, 0.6) is 5.75 Å². The van der Waals surface area contributed by atoms with Gasteiger partial charge in [0.2, 0.25) is 0 Å². The highest BCUT2D eigenvalue weighted by atomic mass is 19.1. The number of hydrogen-bond acceptors (Lipinski definition) is 1. The van der Waals surface area contributed by atoms with Gasteiger partial charge in [-0.3, -0.25) is 0 Å². The number of aryl methyl sites for hydroxylation is 3. The first kappa shape index (κ1) is 11.6. The van der Waals surface area contributed by atoms with Crippen molar-refractivity contribution < 1.29 is 9.50 Å². The van der Waals surface area contributed by atoms with Gasteiger partial charge in [0.1, 0.15) is 11.6 Å². The van der Waals surface area contributed by atoms with Gasteiger partial charge in [-0.05, 0) is 61.2 Å². The van der Waals surface area contributed by atoms with Gasteiger partial charge in [0.05, 0.1) is 0 Å². The summed E-state index contributed by atoms with van der Waals surface area (Å²) in [5, 5.41) is 9.48. The van der Waals surface area contributed by atoms with Crippen LogP contribution in [0.3, 0.4) is 0 Å². The van der Waals surface area contributed by atoms with Gasteiger partial charge in [0, 0.05) is 5.56 Å². The minimum Gasteiger partial charge on any atom is -0.508 e. The molecule has 2 aromatic rings. The van der Waals surface area contributed by atoms with Gasteiger partial charge in [-0.25, -0.2) is 4.39 Å². The SMILES string of the molecule is Cc1cc(C)c(-c2ccc(O)c(C)c2)c(F)c1. The Balaban J connectivity index is 2.64. The molecule has 0 saturated carbocycles. The molecule has 0 amide bonds. The highest BCUT2D eigenvalue weighted by Crippen LogP contribution is 2.30. The Kier molecular flexibility index (Phi) is 2.88. The van der Waals surface area contributed by atoms with Crippen LogP contribution >= 0.6 is 0 Å². The van der Waals surface area contributed by atoms with Crippen LogP contribution in [0.2, 0.25) is 0 Å². The molecule has 0 radical (unpaired) electrons. The predicted molar refractivity (Wildman–Crippen MR) is 67.7 cm³/mol. The normalized spacial score (nSPS) is 10.6. The first-order valence-electron chi connectivity index (χ1n) is 5.56. The maximum atomic E-state index is 14.0. The average Bonchev–Trinajstić information content (AvgIpc) is 2.21. The van der Waals surface area contributed by atoms with E-state index in [1.54, 1.807) is 25.1 Å². The highest BCUT2D eigenvalue weighted by Gasteiger charge is 2.10. The monoisotopic (exact) mass is 230 g/mol. The molecule has 1 nitrogen and oxygen atoms in total. The average molecular weight is 230 g/mol. The van der Waals surface area contributed by atoms with Gasteiger partial charge in [-0.15, -0.1) is 0 Å². The smallest absolute Gasteiger partial charge is 0.131 e. The lowest BCUT2D eigenvalue weighted by Gasteiger charge is -2.10. The number of benzene rings is 2. The number of hydrogen-bond donors (Lipinski definition) is 1. The van der Waals surface area contributed by atoms with Gasteiger partial charge in [0.25, 0.3) is 0 Å². The van der Waals surface area contributed by atoms with E-state index >= 15 is 0 Å². The van der Waals surface area contributed by atoms with Gasteiger partial charge in [-0.1, -0.05) is 12.1 Å². The van der Waals surface area contributed by atoms with Gasteiger partial charge in [0.15, 0.2) is 0 Å². The molecular formula is C15H15FO. The van der Waals surface area contributed by atoms with E-state index in [0.717, 1.165) is 22.3 Å². The minimum absolute atomic E-state index is 0.215. The van der Waals surface area contributed by atoms with E-state index in [-0.39, 0.29) is 11.6 Å². The molecule has 0 heterocycles. The molecule has 0 aliphatic carbocycles. The Morgan fingerprint density at radius 3 is 2.24 bits per heavy atom. The number of halogens is 1. The molecule has 17 heavy (non-hydrogen) atoms.